The Morgan fingerprint density at radius 3 is 0.870 bits per heavy atom. The third-order valence-corrected chi connectivity index (χ3v) is 9.29. The number of nitrogens with zero attached hydrogens (tertiary/aromatic N) is 7. The minimum Gasteiger partial charge on any atom is -0.345 e. The van der Waals surface area contributed by atoms with Gasteiger partial charge >= 0.3 is 0 Å². The molecule has 0 aliphatic carbocycles. The predicted molar refractivity (Wildman–Crippen MR) is 193 cm³/mol. The number of hydrogen-bond acceptors (Lipinski definition) is 7. The molecule has 0 spiro atoms. The summed E-state index contributed by atoms with van der Waals surface area (Å²) in [7, 11) is 0. The molecule has 7 heteroatoms. The quantitative estimate of drug-likeness (QED) is 0.243. The van der Waals surface area contributed by atoms with Crippen molar-refractivity contribution in [1.82, 2.24) is 19.6 Å². The molecule has 0 aromatic heterocycles. The van der Waals surface area contributed by atoms with E-state index in [2.05, 4.69) is 170 Å². The Labute approximate surface area is 276 Å². The van der Waals surface area contributed by atoms with Crippen LogP contribution in [0.4, 0.5) is 17.1 Å². The molecule has 0 atom stereocenters. The summed E-state index contributed by atoms with van der Waals surface area (Å²) in [4.78, 5) is 17.0. The highest BCUT2D eigenvalue weighted by Crippen LogP contribution is 2.32. The van der Waals surface area contributed by atoms with Crippen molar-refractivity contribution in [3.63, 3.8) is 0 Å². The molecule has 3 aromatic rings. The number of rotatable bonds is 9. The minimum absolute atomic E-state index is 0.830. The Hall–Kier alpha value is -4.36. The smallest absolute Gasteiger partial charge is 0.0954 e. The van der Waals surface area contributed by atoms with Crippen molar-refractivity contribution in [3.05, 3.63) is 124 Å². The molecule has 7 nitrogen and oxygen atoms in total. The van der Waals surface area contributed by atoms with E-state index in [-0.39, 0.29) is 0 Å². The summed E-state index contributed by atoms with van der Waals surface area (Å²) < 4.78 is 0. The van der Waals surface area contributed by atoms with Crippen LogP contribution in [0.3, 0.4) is 0 Å². The molecule has 46 heavy (non-hydrogen) atoms. The van der Waals surface area contributed by atoms with Crippen molar-refractivity contribution >= 4 is 17.1 Å². The van der Waals surface area contributed by atoms with Crippen LogP contribution in [0.5, 0.6) is 0 Å². The van der Waals surface area contributed by atoms with Gasteiger partial charge in [0, 0.05) is 54.3 Å². The van der Waals surface area contributed by atoms with Crippen molar-refractivity contribution in [2.75, 3.05) is 54.7 Å². The molecule has 0 unspecified atom stereocenters. The van der Waals surface area contributed by atoms with Crippen LogP contribution in [0.25, 0.3) is 0 Å². The summed E-state index contributed by atoms with van der Waals surface area (Å²) in [6.07, 6.45) is 13.5. The highest BCUT2D eigenvalue weighted by Gasteiger charge is 2.26. The second kappa shape index (κ2) is 12.8. The van der Waals surface area contributed by atoms with Gasteiger partial charge in [-0.05, 0) is 95.7 Å². The van der Waals surface area contributed by atoms with Gasteiger partial charge in [-0.25, -0.2) is 0 Å². The van der Waals surface area contributed by atoms with Crippen LogP contribution in [0.1, 0.15) is 50.1 Å². The maximum Gasteiger partial charge on any atom is 0.0954 e. The van der Waals surface area contributed by atoms with E-state index in [1.54, 1.807) is 0 Å². The summed E-state index contributed by atoms with van der Waals surface area (Å²) in [5.74, 6) is 0. The van der Waals surface area contributed by atoms with Crippen LogP contribution < -0.4 is 14.7 Å². The van der Waals surface area contributed by atoms with E-state index in [1.165, 1.54) is 67.1 Å². The largest absolute Gasteiger partial charge is 0.345 e. The molecule has 3 aliphatic rings. The summed E-state index contributed by atoms with van der Waals surface area (Å²) in [6.45, 7) is 24.9. The maximum atomic E-state index is 2.55. The maximum absolute atomic E-state index is 2.55. The van der Waals surface area contributed by atoms with Gasteiger partial charge in [0.25, 0.3) is 0 Å². The fourth-order valence-corrected chi connectivity index (χ4v) is 7.89. The fourth-order valence-electron chi connectivity index (χ4n) is 7.89. The first kappa shape index (κ1) is 31.6. The van der Waals surface area contributed by atoms with Crippen molar-refractivity contribution in [2.24, 2.45) is 0 Å². The topological polar surface area (TPSA) is 22.7 Å². The van der Waals surface area contributed by atoms with Gasteiger partial charge < -0.3 is 29.4 Å². The molecule has 0 amide bonds. The second-order valence-electron chi connectivity index (χ2n) is 13.8. The van der Waals surface area contributed by atoms with Crippen LogP contribution in [0, 0.1) is 62.3 Å². The van der Waals surface area contributed by atoms with Crippen molar-refractivity contribution in [3.8, 4) is 0 Å². The Bertz CT molecular complexity index is 1430. The summed E-state index contributed by atoms with van der Waals surface area (Å²) in [6, 6.07) is 13.7. The minimum atomic E-state index is 0.830. The predicted octanol–water partition coefficient (Wildman–Crippen LogP) is 7.69. The van der Waals surface area contributed by atoms with Crippen molar-refractivity contribution in [2.45, 2.75) is 62.3 Å². The zero-order valence-electron chi connectivity index (χ0n) is 29.3. The van der Waals surface area contributed by atoms with Crippen molar-refractivity contribution < 1.29 is 0 Å². The van der Waals surface area contributed by atoms with Gasteiger partial charge in [-0.2, -0.15) is 0 Å². The molecule has 0 fully saturated rings. The van der Waals surface area contributed by atoms with E-state index in [4.69, 9.17) is 0 Å². The average Bonchev–Trinajstić information content (AvgIpc) is 3.70. The number of aryl methyl sites for hydroxylation is 9. The van der Waals surface area contributed by atoms with E-state index in [0.717, 1.165) is 40.0 Å². The number of anilines is 3. The van der Waals surface area contributed by atoms with Gasteiger partial charge in [0.2, 0.25) is 0 Å². The first-order valence-corrected chi connectivity index (χ1v) is 16.5. The Balaban J connectivity index is 1.17. The van der Waals surface area contributed by atoms with E-state index >= 15 is 0 Å². The molecule has 0 bridgehead atoms. The van der Waals surface area contributed by atoms with Gasteiger partial charge in [-0.3, -0.25) is 4.90 Å². The molecule has 3 aliphatic heterocycles. The molecule has 242 valence electrons. The molecular formula is C39H51N7. The van der Waals surface area contributed by atoms with Gasteiger partial charge in [0.05, 0.1) is 40.0 Å². The Morgan fingerprint density at radius 1 is 0.391 bits per heavy atom. The van der Waals surface area contributed by atoms with E-state index < -0.39 is 0 Å². The molecule has 3 aromatic carbocycles. The fraction of sp³-hybridized carbons (Fsp3) is 0.385. The van der Waals surface area contributed by atoms with E-state index in [9.17, 15) is 0 Å². The van der Waals surface area contributed by atoms with E-state index in [0.29, 0.717) is 0 Å². The standard InChI is InChI=1S/C39H51N7/c1-28-16-31(4)37(32(5)17-28)44-13-10-40(25-44)22-43(23-41-11-14-45(26-41)38-33(6)18-29(2)19-34(38)7)24-42-12-15-46(27-42)39-35(8)20-30(3)21-36(39)9/h10-21H,22-27H2,1-9H3. The SMILES string of the molecule is Cc1cc(C)c(N2C=CN(CN(CN3C=CN(c4c(C)cc(C)cc4C)C3)CN3C=CN(c4c(C)cc(C)cc4C)C3)C2)c(C)c1. The zero-order chi connectivity index (χ0) is 32.7. The van der Waals surface area contributed by atoms with Crippen LogP contribution in [0.2, 0.25) is 0 Å². The lowest BCUT2D eigenvalue weighted by Crippen LogP contribution is -2.47. The van der Waals surface area contributed by atoms with Gasteiger partial charge in [0.15, 0.2) is 0 Å². The lowest BCUT2D eigenvalue weighted by Gasteiger charge is -2.35. The second-order valence-corrected chi connectivity index (χ2v) is 13.8. The molecular weight excluding hydrogens is 566 g/mol. The molecule has 3 heterocycles. The van der Waals surface area contributed by atoms with Crippen LogP contribution >= 0.6 is 0 Å². The van der Waals surface area contributed by atoms with Crippen LogP contribution in [-0.2, 0) is 0 Å². The van der Waals surface area contributed by atoms with Crippen LogP contribution in [0.15, 0.2) is 73.6 Å². The normalized spacial score (nSPS) is 16.0. The first-order chi connectivity index (χ1) is 21.9. The lowest BCUT2D eigenvalue weighted by atomic mass is 10.0. The number of benzene rings is 3. The highest BCUT2D eigenvalue weighted by molar-refractivity contribution is 5.64. The molecule has 0 N–H and O–H groups in total. The first-order valence-electron chi connectivity index (χ1n) is 16.5. The third-order valence-electron chi connectivity index (χ3n) is 9.29. The molecule has 0 radical (unpaired) electrons. The summed E-state index contributed by atoms with van der Waals surface area (Å²) in [5.41, 5.74) is 15.9. The Morgan fingerprint density at radius 2 is 0.630 bits per heavy atom. The highest BCUT2D eigenvalue weighted by atomic mass is 15.5. The molecule has 0 saturated carbocycles. The molecule has 0 saturated heterocycles. The molecule has 6 rings (SSSR count). The monoisotopic (exact) mass is 617 g/mol. The van der Waals surface area contributed by atoms with Crippen molar-refractivity contribution in [1.29, 1.82) is 0 Å². The third kappa shape index (κ3) is 6.61. The van der Waals surface area contributed by atoms with Crippen LogP contribution in [-0.4, -0.2) is 59.6 Å². The zero-order valence-corrected chi connectivity index (χ0v) is 29.3. The average molecular weight is 618 g/mol. The Kier molecular flexibility index (Phi) is 8.80. The number of hydrogen-bond donors (Lipinski definition) is 0. The van der Waals surface area contributed by atoms with Gasteiger partial charge in [0.1, 0.15) is 0 Å². The summed E-state index contributed by atoms with van der Waals surface area (Å²) >= 11 is 0. The van der Waals surface area contributed by atoms with Gasteiger partial charge in [-0.1, -0.05) is 53.1 Å². The lowest BCUT2D eigenvalue weighted by molar-refractivity contribution is 0.0789. The van der Waals surface area contributed by atoms with Gasteiger partial charge in [-0.15, -0.1) is 0 Å². The summed E-state index contributed by atoms with van der Waals surface area (Å²) in [5, 5.41) is 0. The van der Waals surface area contributed by atoms with E-state index in [1.807, 2.05) is 0 Å².